The molecular formula is C12H23N3O4. The zero-order valence-electron chi connectivity index (χ0n) is 11.5. The summed E-state index contributed by atoms with van der Waals surface area (Å²) in [5.74, 6) is -1.38. The Bertz CT molecular complexity index is 332. The molecule has 7 nitrogen and oxygen atoms in total. The molecular weight excluding hydrogens is 250 g/mol. The van der Waals surface area contributed by atoms with Crippen LogP contribution in [0.15, 0.2) is 0 Å². The maximum atomic E-state index is 11.9. The number of carboxylic acids is 1. The van der Waals surface area contributed by atoms with Crippen molar-refractivity contribution in [3.05, 3.63) is 0 Å². The average Bonchev–Trinajstić information content (AvgIpc) is 2.26. The fraction of sp³-hybridized carbons (Fsp3) is 0.833. The van der Waals surface area contributed by atoms with Crippen molar-refractivity contribution < 1.29 is 19.8 Å². The van der Waals surface area contributed by atoms with Crippen molar-refractivity contribution in [2.45, 2.75) is 31.9 Å². The van der Waals surface area contributed by atoms with Gasteiger partial charge in [-0.15, -0.1) is 0 Å². The molecule has 0 radical (unpaired) electrons. The van der Waals surface area contributed by atoms with Gasteiger partial charge in [0.15, 0.2) is 0 Å². The Balaban J connectivity index is 2.41. The van der Waals surface area contributed by atoms with E-state index in [0.29, 0.717) is 32.7 Å². The number of hydrogen-bond acceptors (Lipinski definition) is 5. The number of hydrogen-bond donors (Lipinski definition) is 3. The molecule has 4 N–H and O–H groups in total. The highest BCUT2D eigenvalue weighted by Gasteiger charge is 2.28. The predicted molar refractivity (Wildman–Crippen MR) is 69.5 cm³/mol. The molecule has 19 heavy (non-hydrogen) atoms. The summed E-state index contributed by atoms with van der Waals surface area (Å²) in [5.41, 5.74) is 4.80. The lowest BCUT2D eigenvalue weighted by molar-refractivity contribution is -0.142. The Labute approximate surface area is 113 Å². The number of β-amino-alcohol motifs (C(OH)–C–C–N with tert-alkyl or cyclic N) is 1. The van der Waals surface area contributed by atoms with E-state index >= 15 is 0 Å². The van der Waals surface area contributed by atoms with Crippen LogP contribution in [0.5, 0.6) is 0 Å². The molecule has 1 fully saturated rings. The smallest absolute Gasteiger partial charge is 0.305 e. The third kappa shape index (κ3) is 5.54. The molecule has 7 heteroatoms. The molecule has 0 bridgehead atoms. The van der Waals surface area contributed by atoms with Gasteiger partial charge in [0, 0.05) is 32.7 Å². The van der Waals surface area contributed by atoms with Crippen molar-refractivity contribution in [1.29, 1.82) is 0 Å². The molecule has 1 heterocycles. The van der Waals surface area contributed by atoms with Crippen LogP contribution in [0, 0.1) is 0 Å². The van der Waals surface area contributed by atoms with Gasteiger partial charge in [-0.3, -0.25) is 14.5 Å². The number of carbonyl (C=O) groups is 2. The second-order valence-electron chi connectivity index (χ2n) is 5.62. The molecule has 0 aliphatic carbocycles. The summed E-state index contributed by atoms with van der Waals surface area (Å²) in [6.07, 6.45) is -0.345. The first-order valence-electron chi connectivity index (χ1n) is 6.40. The van der Waals surface area contributed by atoms with E-state index in [4.69, 9.17) is 10.8 Å². The lowest BCUT2D eigenvalue weighted by Crippen LogP contribution is -2.55. The lowest BCUT2D eigenvalue weighted by atomic mass is 10.1. The van der Waals surface area contributed by atoms with Crippen LogP contribution in [-0.2, 0) is 9.59 Å². The normalized spacial score (nSPS) is 19.3. The molecule has 110 valence electrons. The first-order chi connectivity index (χ1) is 8.69. The number of carbonyl (C=O) groups excluding carboxylic acids is 1. The zero-order chi connectivity index (χ0) is 14.6. The third-order valence-electron chi connectivity index (χ3n) is 3.01. The largest absolute Gasteiger partial charge is 0.481 e. The Kier molecular flexibility index (Phi) is 5.28. The first-order valence-corrected chi connectivity index (χ1v) is 6.40. The van der Waals surface area contributed by atoms with Gasteiger partial charge in [0.1, 0.15) is 0 Å². The number of rotatable bonds is 5. The Morgan fingerprint density at radius 1 is 1.26 bits per heavy atom. The predicted octanol–water partition coefficient (Wildman–Crippen LogP) is -1.30. The second kappa shape index (κ2) is 6.31. The van der Waals surface area contributed by atoms with Crippen molar-refractivity contribution in [2.24, 2.45) is 5.73 Å². The number of piperazine rings is 1. The highest BCUT2D eigenvalue weighted by molar-refractivity contribution is 5.86. The molecule has 0 aromatic rings. The molecule has 1 saturated heterocycles. The summed E-state index contributed by atoms with van der Waals surface area (Å²) < 4.78 is 0. The quantitative estimate of drug-likeness (QED) is 0.575. The fourth-order valence-electron chi connectivity index (χ4n) is 2.18. The van der Waals surface area contributed by atoms with E-state index < -0.39 is 17.6 Å². The lowest BCUT2D eigenvalue weighted by Gasteiger charge is -2.38. The van der Waals surface area contributed by atoms with Gasteiger partial charge >= 0.3 is 5.97 Å². The number of carboxylic acid groups (broad SMARTS) is 1. The first kappa shape index (κ1) is 15.9. The topological polar surface area (TPSA) is 107 Å². The van der Waals surface area contributed by atoms with Crippen LogP contribution in [-0.4, -0.2) is 76.3 Å². The van der Waals surface area contributed by atoms with Gasteiger partial charge in [-0.1, -0.05) is 0 Å². The summed E-state index contributed by atoms with van der Waals surface area (Å²) >= 11 is 0. The van der Waals surface area contributed by atoms with Crippen LogP contribution in [0.1, 0.15) is 20.3 Å². The van der Waals surface area contributed by atoms with Crippen molar-refractivity contribution in [1.82, 2.24) is 9.80 Å². The minimum Gasteiger partial charge on any atom is -0.481 e. The van der Waals surface area contributed by atoms with E-state index in [1.165, 1.54) is 0 Å². The van der Waals surface area contributed by atoms with Crippen LogP contribution >= 0.6 is 0 Å². The number of aliphatic carboxylic acids is 1. The monoisotopic (exact) mass is 273 g/mol. The standard InChI is InChI=1S/C12H23N3O4/c1-12(2,19)8-14-3-5-15(6-4-14)11(18)9(13)7-10(16)17/h9,19H,3-8,13H2,1-2H3,(H,16,17). The van der Waals surface area contributed by atoms with E-state index in [9.17, 15) is 14.7 Å². The molecule has 1 unspecified atom stereocenters. The van der Waals surface area contributed by atoms with Crippen LogP contribution in [0.25, 0.3) is 0 Å². The van der Waals surface area contributed by atoms with Crippen LogP contribution in [0.2, 0.25) is 0 Å². The van der Waals surface area contributed by atoms with Gasteiger partial charge in [-0.05, 0) is 13.8 Å². The Morgan fingerprint density at radius 3 is 2.21 bits per heavy atom. The van der Waals surface area contributed by atoms with Gasteiger partial charge in [0.25, 0.3) is 0 Å². The van der Waals surface area contributed by atoms with Gasteiger partial charge in [0.2, 0.25) is 5.91 Å². The molecule has 0 spiro atoms. The van der Waals surface area contributed by atoms with Crippen molar-refractivity contribution >= 4 is 11.9 Å². The van der Waals surface area contributed by atoms with Gasteiger partial charge in [-0.25, -0.2) is 0 Å². The number of amides is 1. The van der Waals surface area contributed by atoms with E-state index in [1.807, 2.05) is 0 Å². The summed E-state index contributed by atoms with van der Waals surface area (Å²) in [5, 5.41) is 18.3. The third-order valence-corrected chi connectivity index (χ3v) is 3.01. The van der Waals surface area contributed by atoms with Gasteiger partial charge in [0.05, 0.1) is 18.1 Å². The fourth-order valence-corrected chi connectivity index (χ4v) is 2.18. The van der Waals surface area contributed by atoms with Crippen molar-refractivity contribution in [3.63, 3.8) is 0 Å². The van der Waals surface area contributed by atoms with Gasteiger partial charge in [-0.2, -0.15) is 0 Å². The van der Waals surface area contributed by atoms with E-state index in [1.54, 1.807) is 18.7 Å². The number of nitrogens with zero attached hydrogens (tertiary/aromatic N) is 2. The van der Waals surface area contributed by atoms with E-state index in [-0.39, 0.29) is 12.3 Å². The van der Waals surface area contributed by atoms with Crippen molar-refractivity contribution in [2.75, 3.05) is 32.7 Å². The highest BCUT2D eigenvalue weighted by Crippen LogP contribution is 2.09. The number of nitrogens with two attached hydrogens (primary N) is 1. The maximum Gasteiger partial charge on any atom is 0.305 e. The molecule has 0 aromatic carbocycles. The SMILES string of the molecule is CC(C)(O)CN1CCN(C(=O)C(N)CC(=O)O)CC1. The Morgan fingerprint density at radius 2 is 1.79 bits per heavy atom. The van der Waals surface area contributed by atoms with Crippen LogP contribution in [0.4, 0.5) is 0 Å². The van der Waals surface area contributed by atoms with E-state index in [2.05, 4.69) is 4.90 Å². The number of aliphatic hydroxyl groups is 1. The highest BCUT2D eigenvalue weighted by atomic mass is 16.4. The molecule has 1 rings (SSSR count). The average molecular weight is 273 g/mol. The van der Waals surface area contributed by atoms with Crippen molar-refractivity contribution in [3.8, 4) is 0 Å². The second-order valence-corrected chi connectivity index (χ2v) is 5.62. The van der Waals surface area contributed by atoms with Crippen LogP contribution in [0.3, 0.4) is 0 Å². The summed E-state index contributed by atoms with van der Waals surface area (Å²) in [6, 6.07) is -0.974. The summed E-state index contributed by atoms with van der Waals surface area (Å²) in [7, 11) is 0. The zero-order valence-corrected chi connectivity index (χ0v) is 11.5. The molecule has 1 aliphatic rings. The maximum absolute atomic E-state index is 11.9. The summed E-state index contributed by atoms with van der Waals surface area (Å²) in [6.45, 7) is 6.40. The van der Waals surface area contributed by atoms with E-state index in [0.717, 1.165) is 0 Å². The molecule has 1 aliphatic heterocycles. The molecule has 0 aromatic heterocycles. The molecule has 0 saturated carbocycles. The van der Waals surface area contributed by atoms with Crippen LogP contribution < -0.4 is 5.73 Å². The minimum absolute atomic E-state index is 0.315. The Hall–Kier alpha value is -1.18. The van der Waals surface area contributed by atoms with Gasteiger partial charge < -0.3 is 20.8 Å². The summed E-state index contributed by atoms with van der Waals surface area (Å²) in [4.78, 5) is 26.1. The molecule has 1 amide bonds. The molecule has 1 atom stereocenters. The minimum atomic E-state index is -1.07.